The number of aromatic nitrogens is 1. The summed E-state index contributed by atoms with van der Waals surface area (Å²) in [4.78, 5) is 18.7. The normalized spacial score (nSPS) is 15.2. The summed E-state index contributed by atoms with van der Waals surface area (Å²) in [7, 11) is -3.70. The van der Waals surface area contributed by atoms with Crippen LogP contribution in [-0.4, -0.2) is 54.2 Å². The topological polar surface area (TPSA) is 70.6 Å². The number of hydrogen-bond acceptors (Lipinski definition) is 4. The first-order chi connectivity index (χ1) is 11.7. The average molecular weight is 368 g/mol. The Morgan fingerprint density at radius 3 is 2.24 bits per heavy atom. The molecule has 0 spiro atoms. The van der Waals surface area contributed by atoms with Crippen molar-refractivity contribution in [1.29, 1.82) is 0 Å². The molecule has 0 N–H and O–H groups in total. The van der Waals surface area contributed by atoms with E-state index in [1.807, 2.05) is 0 Å². The van der Waals surface area contributed by atoms with E-state index in [-0.39, 0.29) is 23.4 Å². The lowest BCUT2D eigenvalue weighted by atomic mass is 10.1. The maximum absolute atomic E-state index is 12.9. The zero-order valence-electron chi connectivity index (χ0n) is 15.6. The van der Waals surface area contributed by atoms with Crippen LogP contribution in [0.2, 0.25) is 0 Å². The van der Waals surface area contributed by atoms with Gasteiger partial charge in [0.1, 0.15) is 4.90 Å². The molecule has 1 fully saturated rings. The molecule has 140 valence electrons. The van der Waals surface area contributed by atoms with Gasteiger partial charge >= 0.3 is 0 Å². The Morgan fingerprint density at radius 1 is 1.20 bits per heavy atom. The standard InChI is InChI=1S/C18H29N3O3S/c1-14(2)11-20(12-15(3)4)18(22)13-21(16-7-8-16)25(23,24)17-6-5-9-19-10-17/h5-6,9-10,14-16H,7-8,11-13H2,1-4H3. The molecule has 1 aliphatic rings. The largest absolute Gasteiger partial charge is 0.341 e. The summed E-state index contributed by atoms with van der Waals surface area (Å²) < 4.78 is 27.2. The number of amides is 1. The molecule has 0 aliphatic heterocycles. The number of rotatable bonds is 9. The summed E-state index contributed by atoms with van der Waals surface area (Å²) in [5.74, 6) is 0.556. The van der Waals surface area contributed by atoms with Crippen molar-refractivity contribution in [3.63, 3.8) is 0 Å². The summed E-state index contributed by atoms with van der Waals surface area (Å²) in [6.45, 7) is 9.43. The van der Waals surface area contributed by atoms with Gasteiger partial charge < -0.3 is 4.90 Å². The molecule has 6 nitrogen and oxygen atoms in total. The molecular weight excluding hydrogens is 338 g/mol. The highest BCUT2D eigenvalue weighted by molar-refractivity contribution is 7.89. The lowest BCUT2D eigenvalue weighted by Gasteiger charge is -2.29. The summed E-state index contributed by atoms with van der Waals surface area (Å²) in [6.07, 6.45) is 4.50. The van der Waals surface area contributed by atoms with Crippen LogP contribution < -0.4 is 0 Å². The Kier molecular flexibility index (Phi) is 6.57. The SMILES string of the molecule is CC(C)CN(CC(C)C)C(=O)CN(C1CC1)S(=O)(=O)c1cccnc1. The Morgan fingerprint density at radius 2 is 1.80 bits per heavy atom. The van der Waals surface area contributed by atoms with Gasteiger partial charge in [-0.05, 0) is 36.8 Å². The van der Waals surface area contributed by atoms with E-state index in [2.05, 4.69) is 32.7 Å². The van der Waals surface area contributed by atoms with Crippen LogP contribution in [0.3, 0.4) is 0 Å². The van der Waals surface area contributed by atoms with Gasteiger partial charge in [0.15, 0.2) is 0 Å². The third kappa shape index (κ3) is 5.51. The Bertz CT molecular complexity index is 660. The number of carbonyl (C=O) groups excluding carboxylic acids is 1. The lowest BCUT2D eigenvalue weighted by Crippen LogP contribution is -2.46. The molecule has 0 aromatic carbocycles. The second-order valence-electron chi connectivity index (χ2n) is 7.56. The van der Waals surface area contributed by atoms with E-state index >= 15 is 0 Å². The van der Waals surface area contributed by atoms with Gasteiger partial charge in [0.05, 0.1) is 6.54 Å². The third-order valence-electron chi connectivity index (χ3n) is 4.01. The van der Waals surface area contributed by atoms with Gasteiger partial charge in [-0.2, -0.15) is 4.31 Å². The number of carbonyl (C=O) groups is 1. The minimum Gasteiger partial charge on any atom is -0.341 e. The molecule has 7 heteroatoms. The quantitative estimate of drug-likeness (QED) is 0.672. The van der Waals surface area contributed by atoms with Crippen molar-refractivity contribution in [1.82, 2.24) is 14.2 Å². The molecule has 0 saturated heterocycles. The highest BCUT2D eigenvalue weighted by atomic mass is 32.2. The molecule has 0 bridgehead atoms. The van der Waals surface area contributed by atoms with Crippen LogP contribution >= 0.6 is 0 Å². The number of hydrogen-bond donors (Lipinski definition) is 0. The van der Waals surface area contributed by atoms with Crippen molar-refractivity contribution in [2.75, 3.05) is 19.6 Å². The van der Waals surface area contributed by atoms with Crippen LogP contribution in [0.4, 0.5) is 0 Å². The number of sulfonamides is 1. The molecule has 0 atom stereocenters. The van der Waals surface area contributed by atoms with Crippen molar-refractivity contribution in [3.05, 3.63) is 24.5 Å². The first-order valence-corrected chi connectivity index (χ1v) is 10.4. The van der Waals surface area contributed by atoms with E-state index in [0.29, 0.717) is 24.9 Å². The summed E-state index contributed by atoms with van der Waals surface area (Å²) in [5.41, 5.74) is 0. The predicted octanol–water partition coefficient (Wildman–Crippen LogP) is 2.38. The zero-order valence-corrected chi connectivity index (χ0v) is 16.4. The maximum Gasteiger partial charge on any atom is 0.245 e. The van der Waals surface area contributed by atoms with Crippen LogP contribution in [0.5, 0.6) is 0 Å². The van der Waals surface area contributed by atoms with E-state index in [1.165, 1.54) is 16.6 Å². The van der Waals surface area contributed by atoms with Crippen LogP contribution in [0.15, 0.2) is 29.4 Å². The number of pyridine rings is 1. The van der Waals surface area contributed by atoms with Crippen molar-refractivity contribution >= 4 is 15.9 Å². The van der Waals surface area contributed by atoms with Crippen molar-refractivity contribution < 1.29 is 13.2 Å². The Labute approximate surface area is 151 Å². The van der Waals surface area contributed by atoms with Gasteiger partial charge in [0.2, 0.25) is 15.9 Å². The van der Waals surface area contributed by atoms with E-state index in [0.717, 1.165) is 12.8 Å². The summed E-state index contributed by atoms with van der Waals surface area (Å²) in [6, 6.07) is 3.06. The van der Waals surface area contributed by atoms with Gasteiger partial charge in [-0.1, -0.05) is 27.7 Å². The Balaban J connectivity index is 2.19. The molecule has 1 aliphatic carbocycles. The highest BCUT2D eigenvalue weighted by Gasteiger charge is 2.40. The van der Waals surface area contributed by atoms with Gasteiger partial charge in [-0.25, -0.2) is 8.42 Å². The fraction of sp³-hybridized carbons (Fsp3) is 0.667. The summed E-state index contributed by atoms with van der Waals surface area (Å²) in [5, 5.41) is 0. The van der Waals surface area contributed by atoms with E-state index in [9.17, 15) is 13.2 Å². The molecule has 1 aromatic rings. The highest BCUT2D eigenvalue weighted by Crippen LogP contribution is 2.31. The molecule has 1 heterocycles. The first-order valence-electron chi connectivity index (χ1n) is 8.91. The van der Waals surface area contributed by atoms with Crippen LogP contribution in [0, 0.1) is 11.8 Å². The second kappa shape index (κ2) is 8.27. The minimum atomic E-state index is -3.70. The van der Waals surface area contributed by atoms with Crippen molar-refractivity contribution in [2.45, 2.75) is 51.5 Å². The van der Waals surface area contributed by atoms with Gasteiger partial charge in [0, 0.05) is 31.5 Å². The van der Waals surface area contributed by atoms with Crippen LogP contribution in [0.25, 0.3) is 0 Å². The van der Waals surface area contributed by atoms with E-state index < -0.39 is 10.0 Å². The molecular formula is C18H29N3O3S. The molecule has 1 aromatic heterocycles. The predicted molar refractivity (Wildman–Crippen MR) is 97.4 cm³/mol. The third-order valence-corrected chi connectivity index (χ3v) is 5.89. The first kappa shape index (κ1) is 19.8. The van der Waals surface area contributed by atoms with Gasteiger partial charge in [-0.15, -0.1) is 0 Å². The van der Waals surface area contributed by atoms with Gasteiger partial charge in [0.25, 0.3) is 0 Å². The fourth-order valence-electron chi connectivity index (χ4n) is 2.80. The molecule has 2 rings (SSSR count). The minimum absolute atomic E-state index is 0.0749. The van der Waals surface area contributed by atoms with E-state index in [1.54, 1.807) is 17.2 Å². The smallest absolute Gasteiger partial charge is 0.245 e. The molecule has 0 unspecified atom stereocenters. The molecule has 1 saturated carbocycles. The monoisotopic (exact) mass is 367 g/mol. The van der Waals surface area contributed by atoms with Crippen LogP contribution in [0.1, 0.15) is 40.5 Å². The average Bonchev–Trinajstić information content (AvgIpc) is 3.36. The van der Waals surface area contributed by atoms with Crippen molar-refractivity contribution in [3.8, 4) is 0 Å². The molecule has 0 radical (unpaired) electrons. The molecule has 25 heavy (non-hydrogen) atoms. The summed E-state index contributed by atoms with van der Waals surface area (Å²) >= 11 is 0. The Hall–Kier alpha value is -1.47. The zero-order chi connectivity index (χ0) is 18.6. The van der Waals surface area contributed by atoms with Crippen molar-refractivity contribution in [2.24, 2.45) is 11.8 Å². The fourth-order valence-corrected chi connectivity index (χ4v) is 4.40. The second-order valence-corrected chi connectivity index (χ2v) is 9.45. The van der Waals surface area contributed by atoms with Crippen LogP contribution in [-0.2, 0) is 14.8 Å². The number of nitrogens with zero attached hydrogens (tertiary/aromatic N) is 3. The maximum atomic E-state index is 12.9. The van der Waals surface area contributed by atoms with Gasteiger partial charge in [-0.3, -0.25) is 9.78 Å². The van der Waals surface area contributed by atoms with E-state index in [4.69, 9.17) is 0 Å². The molecule has 1 amide bonds. The lowest BCUT2D eigenvalue weighted by molar-refractivity contribution is -0.132.